The Balaban J connectivity index is 2.31. The maximum atomic E-state index is 9.83. The molecule has 1 aromatic carbocycles. The summed E-state index contributed by atoms with van der Waals surface area (Å²) in [5.41, 5.74) is 1.80. The predicted octanol–water partition coefficient (Wildman–Crippen LogP) is 2.35. The van der Waals surface area contributed by atoms with Crippen LogP contribution in [-0.4, -0.2) is 62.1 Å². The van der Waals surface area contributed by atoms with Gasteiger partial charge in [0.15, 0.2) is 0 Å². The highest BCUT2D eigenvalue weighted by Gasteiger charge is 2.08. The van der Waals surface area contributed by atoms with Crippen molar-refractivity contribution in [2.45, 2.75) is 26.1 Å². The lowest BCUT2D eigenvalue weighted by Gasteiger charge is -2.15. The van der Waals surface area contributed by atoms with Crippen LogP contribution < -0.4 is 9.47 Å². The number of hydrogen-bond donors (Lipinski definition) is 2. The molecule has 0 radical (unpaired) electrons. The third kappa shape index (κ3) is 10.9. The number of ether oxygens (including phenoxy) is 4. The molecule has 1 rings (SSSR count). The van der Waals surface area contributed by atoms with E-state index in [0.29, 0.717) is 24.7 Å². The number of aliphatic hydroxyl groups excluding tert-OH is 2. The van der Waals surface area contributed by atoms with E-state index in [4.69, 9.17) is 18.9 Å². The van der Waals surface area contributed by atoms with Crippen LogP contribution in [0.2, 0.25) is 0 Å². The molecule has 0 bridgehead atoms. The number of benzene rings is 1. The average Bonchev–Trinajstić information content (AvgIpc) is 2.58. The second-order valence-corrected chi connectivity index (χ2v) is 6.35. The molecule has 0 amide bonds. The van der Waals surface area contributed by atoms with E-state index in [9.17, 15) is 10.2 Å². The first-order valence-electron chi connectivity index (χ1n) is 8.53. The van der Waals surface area contributed by atoms with Gasteiger partial charge < -0.3 is 29.2 Å². The van der Waals surface area contributed by atoms with Gasteiger partial charge in [-0.25, -0.2) is 0 Å². The van der Waals surface area contributed by atoms with Gasteiger partial charge in [0.2, 0.25) is 0 Å². The Labute approximate surface area is 155 Å². The van der Waals surface area contributed by atoms with Crippen LogP contribution >= 0.6 is 0 Å². The normalized spacial score (nSPS) is 13.1. The molecular weight excluding hydrogens is 336 g/mol. The molecule has 0 aliphatic heterocycles. The fourth-order valence-electron chi connectivity index (χ4n) is 1.87. The van der Waals surface area contributed by atoms with E-state index in [1.807, 2.05) is 13.8 Å². The Hall–Kier alpha value is -1.86. The number of aliphatic hydroxyl groups is 2. The quantitative estimate of drug-likeness (QED) is 0.492. The molecule has 0 heterocycles. The van der Waals surface area contributed by atoms with Crippen LogP contribution in [0.25, 0.3) is 0 Å². The van der Waals surface area contributed by atoms with Crippen LogP contribution in [0, 0.1) is 0 Å². The van der Waals surface area contributed by atoms with E-state index in [1.165, 1.54) is 0 Å². The van der Waals surface area contributed by atoms with Crippen molar-refractivity contribution in [3.05, 3.63) is 48.6 Å². The van der Waals surface area contributed by atoms with Crippen molar-refractivity contribution in [3.63, 3.8) is 0 Å². The largest absolute Gasteiger partial charge is 0.491 e. The Morgan fingerprint density at radius 2 is 1.27 bits per heavy atom. The molecule has 0 aliphatic carbocycles. The fourth-order valence-corrected chi connectivity index (χ4v) is 1.87. The van der Waals surface area contributed by atoms with Gasteiger partial charge >= 0.3 is 0 Å². The molecule has 0 saturated heterocycles. The van der Waals surface area contributed by atoms with Gasteiger partial charge in [-0.3, -0.25) is 0 Å². The van der Waals surface area contributed by atoms with Gasteiger partial charge in [-0.15, -0.1) is 0 Å². The highest BCUT2D eigenvalue weighted by Crippen LogP contribution is 2.19. The standard InChI is InChI=1S/C20H30O6/c1-15(2)9-23-11-17(21)13-25-19-6-5-7-20(8-19)26-14-18(22)12-24-10-16(3)4/h5-8,17-18,21-22H,1,3,9-14H2,2,4H3. The molecule has 146 valence electrons. The highest BCUT2D eigenvalue weighted by atomic mass is 16.5. The molecule has 0 aliphatic rings. The minimum absolute atomic E-state index is 0.108. The van der Waals surface area contributed by atoms with Crippen LogP contribution in [0.1, 0.15) is 13.8 Å². The Bertz CT molecular complexity index is 512. The average molecular weight is 366 g/mol. The molecule has 0 fully saturated rings. The van der Waals surface area contributed by atoms with Crippen molar-refractivity contribution in [2.75, 3.05) is 39.6 Å². The summed E-state index contributed by atoms with van der Waals surface area (Å²) in [4.78, 5) is 0. The lowest BCUT2D eigenvalue weighted by atomic mass is 10.3. The Morgan fingerprint density at radius 1 is 0.846 bits per heavy atom. The monoisotopic (exact) mass is 366 g/mol. The zero-order chi connectivity index (χ0) is 19.4. The molecule has 2 atom stereocenters. The van der Waals surface area contributed by atoms with Crippen molar-refractivity contribution in [1.82, 2.24) is 0 Å². The third-order valence-electron chi connectivity index (χ3n) is 3.01. The van der Waals surface area contributed by atoms with Crippen LogP contribution in [0.4, 0.5) is 0 Å². The summed E-state index contributed by atoms with van der Waals surface area (Å²) in [5.74, 6) is 1.13. The summed E-state index contributed by atoms with van der Waals surface area (Å²) in [5, 5.41) is 19.7. The molecule has 6 heteroatoms. The van der Waals surface area contributed by atoms with E-state index in [1.54, 1.807) is 24.3 Å². The first-order valence-corrected chi connectivity index (χ1v) is 8.53. The van der Waals surface area contributed by atoms with Crippen molar-refractivity contribution in [2.24, 2.45) is 0 Å². The summed E-state index contributed by atoms with van der Waals surface area (Å²) >= 11 is 0. The molecule has 2 unspecified atom stereocenters. The van der Waals surface area contributed by atoms with E-state index in [2.05, 4.69) is 13.2 Å². The Morgan fingerprint density at radius 3 is 1.65 bits per heavy atom. The summed E-state index contributed by atoms with van der Waals surface area (Å²) < 4.78 is 21.6. The van der Waals surface area contributed by atoms with Crippen LogP contribution in [0.3, 0.4) is 0 Å². The van der Waals surface area contributed by atoms with E-state index in [0.717, 1.165) is 11.1 Å². The van der Waals surface area contributed by atoms with E-state index < -0.39 is 12.2 Å². The lowest BCUT2D eigenvalue weighted by Crippen LogP contribution is -2.24. The molecule has 26 heavy (non-hydrogen) atoms. The molecule has 1 aromatic rings. The van der Waals surface area contributed by atoms with Crippen molar-refractivity contribution in [1.29, 1.82) is 0 Å². The maximum Gasteiger partial charge on any atom is 0.123 e. The van der Waals surface area contributed by atoms with E-state index >= 15 is 0 Å². The molecule has 0 saturated carbocycles. The smallest absolute Gasteiger partial charge is 0.123 e. The first-order chi connectivity index (χ1) is 12.4. The second-order valence-electron chi connectivity index (χ2n) is 6.35. The number of hydrogen-bond acceptors (Lipinski definition) is 6. The zero-order valence-electron chi connectivity index (χ0n) is 15.6. The van der Waals surface area contributed by atoms with Gasteiger partial charge in [0.05, 0.1) is 26.4 Å². The van der Waals surface area contributed by atoms with Crippen LogP contribution in [0.5, 0.6) is 11.5 Å². The summed E-state index contributed by atoms with van der Waals surface area (Å²) in [6, 6.07) is 7.00. The third-order valence-corrected chi connectivity index (χ3v) is 3.01. The molecule has 0 spiro atoms. The maximum absolute atomic E-state index is 9.83. The van der Waals surface area contributed by atoms with Gasteiger partial charge in [0.1, 0.15) is 36.9 Å². The fraction of sp³-hybridized carbons (Fsp3) is 0.500. The van der Waals surface area contributed by atoms with Crippen LogP contribution in [0.15, 0.2) is 48.6 Å². The van der Waals surface area contributed by atoms with Gasteiger partial charge in [0.25, 0.3) is 0 Å². The lowest BCUT2D eigenvalue weighted by molar-refractivity contribution is 0.0180. The molecule has 0 aromatic heterocycles. The molecule has 6 nitrogen and oxygen atoms in total. The van der Waals surface area contributed by atoms with Gasteiger partial charge in [-0.1, -0.05) is 30.4 Å². The van der Waals surface area contributed by atoms with Crippen molar-refractivity contribution < 1.29 is 29.2 Å². The summed E-state index contributed by atoms with van der Waals surface area (Å²) in [6.45, 7) is 12.6. The zero-order valence-corrected chi connectivity index (χ0v) is 15.6. The first kappa shape index (κ1) is 22.2. The summed E-state index contributed by atoms with van der Waals surface area (Å²) in [7, 11) is 0. The molecular formula is C20H30O6. The van der Waals surface area contributed by atoms with Crippen molar-refractivity contribution >= 4 is 0 Å². The van der Waals surface area contributed by atoms with E-state index in [-0.39, 0.29) is 26.4 Å². The van der Waals surface area contributed by atoms with Gasteiger partial charge in [0, 0.05) is 6.07 Å². The van der Waals surface area contributed by atoms with Gasteiger partial charge in [-0.05, 0) is 26.0 Å². The topological polar surface area (TPSA) is 77.4 Å². The van der Waals surface area contributed by atoms with Crippen LogP contribution in [-0.2, 0) is 9.47 Å². The summed E-state index contributed by atoms with van der Waals surface area (Å²) in [6.07, 6.45) is -1.46. The molecule has 2 N–H and O–H groups in total. The predicted molar refractivity (Wildman–Crippen MR) is 101 cm³/mol. The minimum atomic E-state index is -0.730. The Kier molecular flexibility index (Phi) is 10.7. The second kappa shape index (κ2) is 12.5. The highest BCUT2D eigenvalue weighted by molar-refractivity contribution is 5.32. The minimum Gasteiger partial charge on any atom is -0.491 e. The number of rotatable bonds is 14. The van der Waals surface area contributed by atoms with Crippen molar-refractivity contribution in [3.8, 4) is 11.5 Å². The SMILES string of the molecule is C=C(C)COCC(O)COc1cccc(OCC(O)COCC(=C)C)c1. The van der Waals surface area contributed by atoms with Gasteiger partial charge in [-0.2, -0.15) is 0 Å².